The second-order valence-electron chi connectivity index (χ2n) is 9.34. The molecule has 27 heavy (non-hydrogen) atoms. The third kappa shape index (κ3) is 4.36. The topological polar surface area (TPSA) is 69.9 Å². The van der Waals surface area contributed by atoms with Gasteiger partial charge in [0.25, 0.3) is 0 Å². The van der Waals surface area contributed by atoms with Crippen molar-refractivity contribution in [3.05, 3.63) is 53.1 Å². The molecule has 150 valence electrons. The van der Waals surface area contributed by atoms with Crippen molar-refractivity contribution in [2.75, 3.05) is 0 Å². The van der Waals surface area contributed by atoms with Crippen LogP contribution in [0.5, 0.6) is 0 Å². The minimum Gasteiger partial charge on any atom is -0.386 e. The van der Waals surface area contributed by atoms with Gasteiger partial charge in [-0.3, -0.25) is 0 Å². The fraction of sp³-hybridized carbons (Fsp3) is 0.545. The highest BCUT2D eigenvalue weighted by molar-refractivity contribution is 7.96. The van der Waals surface area contributed by atoms with Gasteiger partial charge in [0, 0.05) is 10.3 Å². The van der Waals surface area contributed by atoms with Gasteiger partial charge in [-0.05, 0) is 67.0 Å². The molecule has 5 heteroatoms. The number of rotatable bonds is 4. The van der Waals surface area contributed by atoms with E-state index in [-0.39, 0.29) is 0 Å². The van der Waals surface area contributed by atoms with E-state index >= 15 is 0 Å². The Balaban J connectivity index is 2.79. The molecule has 0 radical (unpaired) electrons. The molecule has 1 aliphatic rings. The average Bonchev–Trinajstić information content (AvgIpc) is 2.96. The van der Waals surface area contributed by atoms with Gasteiger partial charge < -0.3 is 10.2 Å². The molecular formula is C22H33NO3S. The second kappa shape index (κ2) is 6.87. The molecule has 0 fully saturated rings. The summed E-state index contributed by atoms with van der Waals surface area (Å²) >= 11 is 0. The van der Waals surface area contributed by atoms with E-state index in [1.807, 2.05) is 64.1 Å². The molecule has 1 aliphatic carbocycles. The molecule has 2 N–H and O–H groups in total. The quantitative estimate of drug-likeness (QED) is 0.778. The SMILES string of the molecule is Cc1ccc(N=S(=O)(C2C=CC=C2C(C)(C)O)C(C)(C)C)c(C(C)(C)O)c1. The largest absolute Gasteiger partial charge is 0.386 e. The maximum atomic E-state index is 14.3. The number of nitrogens with zero attached hydrogens (tertiary/aromatic N) is 1. The molecule has 0 saturated carbocycles. The predicted molar refractivity (Wildman–Crippen MR) is 114 cm³/mol. The number of aryl methyl sites for hydroxylation is 1. The van der Waals surface area contributed by atoms with Crippen LogP contribution >= 0.6 is 0 Å². The van der Waals surface area contributed by atoms with E-state index in [2.05, 4.69) is 0 Å². The molecule has 0 amide bonds. The number of benzene rings is 1. The summed E-state index contributed by atoms with van der Waals surface area (Å²) in [4.78, 5) is 0. The first kappa shape index (κ1) is 21.9. The van der Waals surface area contributed by atoms with Gasteiger partial charge in [-0.1, -0.05) is 35.9 Å². The van der Waals surface area contributed by atoms with Gasteiger partial charge in [0.1, 0.15) is 0 Å². The van der Waals surface area contributed by atoms with Crippen molar-refractivity contribution in [3.63, 3.8) is 0 Å². The fourth-order valence-electron chi connectivity index (χ4n) is 3.23. The first-order chi connectivity index (χ1) is 12.1. The average molecular weight is 392 g/mol. The molecule has 2 atom stereocenters. The van der Waals surface area contributed by atoms with Gasteiger partial charge in [-0.25, -0.2) is 4.21 Å². The van der Waals surface area contributed by atoms with Crippen LogP contribution in [0.1, 0.15) is 59.6 Å². The summed E-state index contributed by atoms with van der Waals surface area (Å²) in [7, 11) is -2.87. The summed E-state index contributed by atoms with van der Waals surface area (Å²) in [5.74, 6) is 0. The Labute approximate surface area is 164 Å². The Bertz CT molecular complexity index is 897. The Morgan fingerprint density at radius 2 is 1.59 bits per heavy atom. The van der Waals surface area contributed by atoms with E-state index in [1.54, 1.807) is 27.7 Å². The zero-order valence-corrected chi connectivity index (χ0v) is 18.5. The normalized spacial score (nSPS) is 20.4. The summed E-state index contributed by atoms with van der Waals surface area (Å²) in [5.41, 5.74) is 0.681. The Morgan fingerprint density at radius 1 is 1.00 bits per heavy atom. The van der Waals surface area contributed by atoms with Crippen LogP contribution in [0, 0.1) is 6.92 Å². The van der Waals surface area contributed by atoms with Gasteiger partial charge in [0.2, 0.25) is 0 Å². The first-order valence-electron chi connectivity index (χ1n) is 9.28. The van der Waals surface area contributed by atoms with Gasteiger partial charge in [-0.15, -0.1) is 0 Å². The van der Waals surface area contributed by atoms with Gasteiger partial charge in [-0.2, -0.15) is 4.36 Å². The van der Waals surface area contributed by atoms with Crippen LogP contribution in [0.2, 0.25) is 0 Å². The summed E-state index contributed by atoms with van der Waals surface area (Å²) in [6, 6.07) is 5.62. The van der Waals surface area contributed by atoms with Crippen LogP contribution in [-0.2, 0) is 15.3 Å². The third-order valence-electron chi connectivity index (χ3n) is 4.84. The van der Waals surface area contributed by atoms with E-state index in [0.29, 0.717) is 16.8 Å². The van der Waals surface area contributed by atoms with E-state index in [4.69, 9.17) is 4.36 Å². The van der Waals surface area contributed by atoms with Crippen molar-refractivity contribution >= 4 is 15.4 Å². The summed E-state index contributed by atoms with van der Waals surface area (Å²) < 4.78 is 18.5. The highest BCUT2D eigenvalue weighted by Crippen LogP contribution is 2.40. The van der Waals surface area contributed by atoms with Crippen LogP contribution < -0.4 is 0 Å². The second-order valence-corrected chi connectivity index (χ2v) is 12.4. The number of hydrogen-bond acceptors (Lipinski definition) is 4. The molecule has 0 saturated heterocycles. The summed E-state index contributed by atoms with van der Waals surface area (Å²) in [6.45, 7) is 14.5. The van der Waals surface area contributed by atoms with Crippen molar-refractivity contribution in [1.82, 2.24) is 0 Å². The lowest BCUT2D eigenvalue weighted by Crippen LogP contribution is -2.41. The Morgan fingerprint density at radius 3 is 2.07 bits per heavy atom. The molecule has 0 aliphatic heterocycles. The Kier molecular flexibility index (Phi) is 5.56. The molecule has 0 bridgehead atoms. The minimum atomic E-state index is -2.87. The van der Waals surface area contributed by atoms with E-state index < -0.39 is 30.9 Å². The number of aliphatic hydroxyl groups is 2. The van der Waals surface area contributed by atoms with Crippen LogP contribution in [0.3, 0.4) is 0 Å². The standard InChI is InChI=1S/C22H33NO3S/c1-15-12-13-18(17(14-15)22(7,8)25)23-27(26,20(2,3)4)19-11-9-10-16(19)21(5,6)24/h9-14,19,24-25H,1-8H3. The van der Waals surface area contributed by atoms with Gasteiger partial charge in [0.15, 0.2) is 0 Å². The van der Waals surface area contributed by atoms with Crippen molar-refractivity contribution in [3.8, 4) is 0 Å². The van der Waals surface area contributed by atoms with Crippen molar-refractivity contribution in [2.45, 2.75) is 76.6 Å². The lowest BCUT2D eigenvalue weighted by Gasteiger charge is -2.34. The molecule has 2 unspecified atom stereocenters. The maximum Gasteiger partial charge on any atom is 0.0861 e. The smallest absolute Gasteiger partial charge is 0.0861 e. The van der Waals surface area contributed by atoms with Gasteiger partial charge in [0.05, 0.1) is 31.9 Å². The van der Waals surface area contributed by atoms with Crippen LogP contribution in [0.25, 0.3) is 0 Å². The van der Waals surface area contributed by atoms with Crippen LogP contribution in [-0.4, -0.2) is 30.0 Å². The molecular weight excluding hydrogens is 358 g/mol. The highest BCUT2D eigenvalue weighted by Gasteiger charge is 2.41. The molecule has 1 aromatic rings. The van der Waals surface area contributed by atoms with Crippen molar-refractivity contribution in [1.29, 1.82) is 0 Å². The number of allylic oxidation sites excluding steroid dienone is 2. The number of hydrogen-bond donors (Lipinski definition) is 2. The van der Waals surface area contributed by atoms with Crippen molar-refractivity contribution < 1.29 is 14.4 Å². The lowest BCUT2D eigenvalue weighted by molar-refractivity contribution is 0.0792. The fourth-order valence-corrected chi connectivity index (χ4v) is 5.85. The molecule has 0 heterocycles. The van der Waals surface area contributed by atoms with Crippen LogP contribution in [0.15, 0.2) is 46.4 Å². The monoisotopic (exact) mass is 391 g/mol. The zero-order valence-electron chi connectivity index (χ0n) is 17.7. The molecule has 0 aromatic heterocycles. The summed E-state index contributed by atoms with van der Waals surface area (Å²) in [5, 5.41) is 20.7. The Hall–Kier alpha value is -1.43. The lowest BCUT2D eigenvalue weighted by atomic mass is 9.95. The molecule has 0 spiro atoms. The van der Waals surface area contributed by atoms with E-state index in [0.717, 1.165) is 5.56 Å². The zero-order chi connectivity index (χ0) is 20.8. The van der Waals surface area contributed by atoms with Crippen LogP contribution in [0.4, 0.5) is 5.69 Å². The predicted octanol–water partition coefficient (Wildman–Crippen LogP) is 4.76. The minimum absolute atomic E-state index is 0.492. The molecule has 1 aromatic carbocycles. The third-order valence-corrected chi connectivity index (χ3v) is 8.16. The van der Waals surface area contributed by atoms with E-state index in [9.17, 15) is 14.4 Å². The van der Waals surface area contributed by atoms with E-state index in [1.165, 1.54) is 0 Å². The van der Waals surface area contributed by atoms with Gasteiger partial charge >= 0.3 is 0 Å². The van der Waals surface area contributed by atoms with Crippen molar-refractivity contribution in [2.24, 2.45) is 4.36 Å². The summed E-state index contributed by atoms with van der Waals surface area (Å²) in [6.07, 6.45) is 5.53. The molecule has 2 rings (SSSR count). The first-order valence-corrected chi connectivity index (χ1v) is 10.9. The maximum absolute atomic E-state index is 14.3. The molecule has 4 nitrogen and oxygen atoms in total. The highest BCUT2D eigenvalue weighted by atomic mass is 32.2.